The Balaban J connectivity index is 1.38. The average molecular weight is 473 g/mol. The molecule has 0 bridgehead atoms. The van der Waals surface area contributed by atoms with Crippen molar-refractivity contribution in [3.63, 3.8) is 0 Å². The number of H-pyrrole nitrogens is 1. The minimum Gasteiger partial charge on any atom is -0.491 e. The van der Waals surface area contributed by atoms with Crippen molar-refractivity contribution in [1.29, 1.82) is 0 Å². The molecule has 3 N–H and O–H groups in total. The fourth-order valence-corrected chi connectivity index (χ4v) is 4.15. The Hall–Kier alpha value is -3.95. The van der Waals surface area contributed by atoms with Gasteiger partial charge < -0.3 is 25.1 Å². The van der Waals surface area contributed by atoms with Crippen molar-refractivity contribution in [2.75, 3.05) is 50.1 Å². The van der Waals surface area contributed by atoms with Crippen molar-refractivity contribution >= 4 is 44.9 Å². The topological polar surface area (TPSA) is 104 Å². The SMILES string of the molecule is C=CC(=O)Nc1cc2c(Nc3ccc4[nH]ccc4c3)ncnc2cc1OCCCN1CCOCC1. The smallest absolute Gasteiger partial charge is 0.247 e. The van der Waals surface area contributed by atoms with E-state index in [4.69, 9.17) is 9.47 Å². The zero-order valence-electron chi connectivity index (χ0n) is 19.4. The predicted octanol–water partition coefficient (Wildman–Crippen LogP) is 4.08. The monoisotopic (exact) mass is 472 g/mol. The van der Waals surface area contributed by atoms with Gasteiger partial charge in [0.15, 0.2) is 0 Å². The zero-order chi connectivity index (χ0) is 24.0. The molecule has 0 unspecified atom stereocenters. The minimum atomic E-state index is -0.313. The summed E-state index contributed by atoms with van der Waals surface area (Å²) in [6.07, 6.45) is 5.53. The van der Waals surface area contributed by atoms with Crippen LogP contribution in [0.3, 0.4) is 0 Å². The van der Waals surface area contributed by atoms with Crippen LogP contribution in [0.25, 0.3) is 21.8 Å². The maximum atomic E-state index is 12.1. The molecular weight excluding hydrogens is 444 g/mol. The summed E-state index contributed by atoms with van der Waals surface area (Å²) in [5.74, 6) is 0.887. The van der Waals surface area contributed by atoms with E-state index >= 15 is 0 Å². The van der Waals surface area contributed by atoms with Gasteiger partial charge in [0.1, 0.15) is 17.9 Å². The van der Waals surface area contributed by atoms with Crippen LogP contribution >= 0.6 is 0 Å². The van der Waals surface area contributed by atoms with Gasteiger partial charge in [0, 0.05) is 53.9 Å². The molecular formula is C26H28N6O3. The quantitative estimate of drug-likeness (QED) is 0.249. The molecule has 2 aromatic heterocycles. The molecule has 0 spiro atoms. The van der Waals surface area contributed by atoms with Crippen molar-refractivity contribution in [3.05, 3.63) is 61.6 Å². The van der Waals surface area contributed by atoms with E-state index in [1.165, 1.54) is 12.4 Å². The molecule has 0 radical (unpaired) electrons. The van der Waals surface area contributed by atoms with E-state index in [0.717, 1.165) is 61.2 Å². The van der Waals surface area contributed by atoms with Gasteiger partial charge in [0.2, 0.25) is 5.91 Å². The van der Waals surface area contributed by atoms with Crippen LogP contribution < -0.4 is 15.4 Å². The molecule has 3 heterocycles. The number of hydrogen-bond donors (Lipinski definition) is 3. The number of benzene rings is 2. The summed E-state index contributed by atoms with van der Waals surface area (Å²) in [4.78, 5) is 26.6. The number of carbonyl (C=O) groups excluding carboxylic acids is 1. The van der Waals surface area contributed by atoms with E-state index in [1.807, 2.05) is 42.6 Å². The summed E-state index contributed by atoms with van der Waals surface area (Å²) in [6, 6.07) is 11.7. The number of nitrogens with one attached hydrogen (secondary N) is 3. The van der Waals surface area contributed by atoms with E-state index in [9.17, 15) is 4.79 Å². The number of nitrogens with zero attached hydrogens (tertiary/aromatic N) is 3. The van der Waals surface area contributed by atoms with Gasteiger partial charge in [-0.15, -0.1) is 0 Å². The third-order valence-electron chi connectivity index (χ3n) is 5.98. The highest BCUT2D eigenvalue weighted by atomic mass is 16.5. The van der Waals surface area contributed by atoms with Gasteiger partial charge >= 0.3 is 0 Å². The highest BCUT2D eigenvalue weighted by molar-refractivity contribution is 6.03. The third-order valence-corrected chi connectivity index (χ3v) is 5.98. The first-order valence-corrected chi connectivity index (χ1v) is 11.7. The van der Waals surface area contributed by atoms with Gasteiger partial charge in [-0.2, -0.15) is 0 Å². The maximum absolute atomic E-state index is 12.1. The number of aromatic amines is 1. The van der Waals surface area contributed by atoms with Crippen LogP contribution in [0.2, 0.25) is 0 Å². The van der Waals surface area contributed by atoms with E-state index in [-0.39, 0.29) is 5.91 Å². The molecule has 0 saturated carbocycles. The van der Waals surface area contributed by atoms with Gasteiger partial charge in [-0.05, 0) is 42.8 Å². The second-order valence-electron chi connectivity index (χ2n) is 8.34. The number of ether oxygens (including phenoxy) is 2. The highest BCUT2D eigenvalue weighted by Gasteiger charge is 2.14. The summed E-state index contributed by atoms with van der Waals surface area (Å²) < 4.78 is 11.5. The molecule has 180 valence electrons. The van der Waals surface area contributed by atoms with Gasteiger partial charge in [-0.3, -0.25) is 9.69 Å². The van der Waals surface area contributed by atoms with Crippen molar-refractivity contribution in [2.24, 2.45) is 0 Å². The summed E-state index contributed by atoms with van der Waals surface area (Å²) in [5, 5.41) is 8.10. The molecule has 1 aliphatic rings. The molecule has 0 atom stereocenters. The molecule has 9 nitrogen and oxygen atoms in total. The van der Waals surface area contributed by atoms with E-state index in [1.54, 1.807) is 0 Å². The molecule has 1 saturated heterocycles. The molecule has 1 amide bonds. The number of morpholine rings is 1. The van der Waals surface area contributed by atoms with Gasteiger partial charge in [0.25, 0.3) is 0 Å². The lowest BCUT2D eigenvalue weighted by Crippen LogP contribution is -2.37. The first-order valence-electron chi connectivity index (χ1n) is 11.7. The Morgan fingerprint density at radius 1 is 1.20 bits per heavy atom. The lowest BCUT2D eigenvalue weighted by Gasteiger charge is -2.26. The molecule has 9 heteroatoms. The van der Waals surface area contributed by atoms with Crippen molar-refractivity contribution in [3.8, 4) is 5.75 Å². The second-order valence-corrected chi connectivity index (χ2v) is 8.34. The minimum absolute atomic E-state index is 0.313. The molecule has 35 heavy (non-hydrogen) atoms. The molecule has 4 aromatic rings. The number of rotatable bonds is 9. The number of hydrogen-bond acceptors (Lipinski definition) is 7. The Labute approximate surface area is 203 Å². The summed E-state index contributed by atoms with van der Waals surface area (Å²) in [5.41, 5.74) is 3.22. The predicted molar refractivity (Wildman–Crippen MR) is 137 cm³/mol. The fraction of sp³-hybridized carbons (Fsp3) is 0.269. The Kier molecular flexibility index (Phi) is 6.87. The van der Waals surface area contributed by atoms with Crippen LogP contribution in [0.5, 0.6) is 5.75 Å². The Morgan fingerprint density at radius 2 is 2.09 bits per heavy atom. The van der Waals surface area contributed by atoms with Crippen LogP contribution in [0.15, 0.2) is 61.6 Å². The van der Waals surface area contributed by atoms with Crippen molar-refractivity contribution in [1.82, 2.24) is 19.9 Å². The molecule has 5 rings (SSSR count). The summed E-state index contributed by atoms with van der Waals surface area (Å²) >= 11 is 0. The normalized spacial score (nSPS) is 14.2. The van der Waals surface area contributed by atoms with Crippen LogP contribution in [-0.4, -0.2) is 65.2 Å². The van der Waals surface area contributed by atoms with Crippen LogP contribution in [0, 0.1) is 0 Å². The van der Waals surface area contributed by atoms with Crippen LogP contribution in [-0.2, 0) is 9.53 Å². The third kappa shape index (κ3) is 5.42. The van der Waals surface area contributed by atoms with Crippen molar-refractivity contribution in [2.45, 2.75) is 6.42 Å². The molecule has 0 aliphatic carbocycles. The number of anilines is 3. The fourth-order valence-electron chi connectivity index (χ4n) is 4.15. The lowest BCUT2D eigenvalue weighted by atomic mass is 10.1. The van der Waals surface area contributed by atoms with E-state index in [2.05, 4.69) is 37.1 Å². The summed E-state index contributed by atoms with van der Waals surface area (Å²) in [7, 11) is 0. The maximum Gasteiger partial charge on any atom is 0.247 e. The first-order chi connectivity index (χ1) is 17.2. The summed E-state index contributed by atoms with van der Waals surface area (Å²) in [6.45, 7) is 8.46. The van der Waals surface area contributed by atoms with Crippen LogP contribution in [0.4, 0.5) is 17.2 Å². The van der Waals surface area contributed by atoms with Gasteiger partial charge in [-0.25, -0.2) is 9.97 Å². The molecule has 1 fully saturated rings. The van der Waals surface area contributed by atoms with Crippen LogP contribution in [0.1, 0.15) is 6.42 Å². The number of carbonyl (C=O) groups is 1. The van der Waals surface area contributed by atoms with E-state index in [0.29, 0.717) is 29.4 Å². The number of fused-ring (bicyclic) bond motifs is 2. The molecule has 1 aliphatic heterocycles. The zero-order valence-corrected chi connectivity index (χ0v) is 19.4. The second kappa shape index (κ2) is 10.5. The number of aromatic nitrogens is 3. The number of amides is 1. The van der Waals surface area contributed by atoms with Crippen molar-refractivity contribution < 1.29 is 14.3 Å². The molecule has 2 aromatic carbocycles. The first kappa shape index (κ1) is 22.8. The highest BCUT2D eigenvalue weighted by Crippen LogP contribution is 2.34. The lowest BCUT2D eigenvalue weighted by molar-refractivity contribution is -0.111. The van der Waals surface area contributed by atoms with E-state index < -0.39 is 0 Å². The van der Waals surface area contributed by atoms with Gasteiger partial charge in [-0.1, -0.05) is 6.58 Å². The van der Waals surface area contributed by atoms with Gasteiger partial charge in [0.05, 0.1) is 31.0 Å². The Morgan fingerprint density at radius 3 is 2.94 bits per heavy atom. The average Bonchev–Trinajstić information content (AvgIpc) is 3.35. The largest absolute Gasteiger partial charge is 0.491 e. The standard InChI is InChI=1S/C26H28N6O3/c1-2-25(33)31-23-15-20-22(16-24(23)35-11-3-8-32-9-12-34-13-10-32)28-17-29-26(20)30-19-4-5-21-18(14-19)6-7-27-21/h2,4-7,14-17,27H,1,3,8-13H2,(H,31,33)(H,28,29,30). The Bertz CT molecular complexity index is 1350.